The minimum atomic E-state index is -0.315. The summed E-state index contributed by atoms with van der Waals surface area (Å²) < 4.78 is 4.98. The first kappa shape index (κ1) is 9.02. The zero-order valence-electron chi connectivity index (χ0n) is 6.88. The number of rotatable bonds is 2. The second-order valence-electron chi connectivity index (χ2n) is 2.23. The lowest BCUT2D eigenvalue weighted by atomic mass is 10.4. The van der Waals surface area contributed by atoms with E-state index < -0.39 is 0 Å². The maximum Gasteiger partial charge on any atom is 0.279 e. The molecule has 0 saturated carbocycles. The van der Waals surface area contributed by atoms with Gasteiger partial charge in [-0.3, -0.25) is 10.2 Å². The van der Waals surface area contributed by atoms with Gasteiger partial charge >= 0.3 is 0 Å². The SMILES string of the molecule is COc1cc(C)sc1C(=O)NN. The molecule has 0 saturated heterocycles. The van der Waals surface area contributed by atoms with Gasteiger partial charge in [-0.05, 0) is 13.0 Å². The molecular formula is C7H10N2O2S. The summed E-state index contributed by atoms with van der Waals surface area (Å²) in [5.74, 6) is 5.24. The first-order chi connectivity index (χ1) is 5.69. The molecule has 0 aromatic carbocycles. The van der Waals surface area contributed by atoms with E-state index in [9.17, 15) is 4.79 Å². The number of nitrogens with one attached hydrogen (secondary N) is 1. The van der Waals surface area contributed by atoms with Crippen molar-refractivity contribution in [3.8, 4) is 5.75 Å². The Balaban J connectivity index is 3.04. The van der Waals surface area contributed by atoms with E-state index in [1.54, 1.807) is 6.07 Å². The van der Waals surface area contributed by atoms with Gasteiger partial charge in [-0.2, -0.15) is 0 Å². The Morgan fingerprint density at radius 1 is 1.75 bits per heavy atom. The van der Waals surface area contributed by atoms with E-state index in [0.29, 0.717) is 10.6 Å². The second kappa shape index (κ2) is 3.55. The molecule has 0 bridgehead atoms. The predicted molar refractivity (Wildman–Crippen MR) is 47.3 cm³/mol. The van der Waals surface area contributed by atoms with Crippen molar-refractivity contribution in [2.24, 2.45) is 5.84 Å². The number of ether oxygens (including phenoxy) is 1. The molecule has 0 unspecified atom stereocenters. The lowest BCUT2D eigenvalue weighted by molar-refractivity contribution is 0.0955. The molecular weight excluding hydrogens is 176 g/mol. The Hall–Kier alpha value is -1.07. The molecule has 0 radical (unpaired) electrons. The summed E-state index contributed by atoms with van der Waals surface area (Å²) in [6.45, 7) is 1.90. The van der Waals surface area contributed by atoms with Crippen LogP contribution < -0.4 is 16.0 Å². The largest absolute Gasteiger partial charge is 0.495 e. The fourth-order valence-electron chi connectivity index (χ4n) is 0.866. The van der Waals surface area contributed by atoms with Crippen molar-refractivity contribution in [3.63, 3.8) is 0 Å². The van der Waals surface area contributed by atoms with Gasteiger partial charge in [0.2, 0.25) is 0 Å². The number of hydrogen-bond donors (Lipinski definition) is 2. The van der Waals surface area contributed by atoms with Crippen LogP contribution in [0.2, 0.25) is 0 Å². The first-order valence-electron chi connectivity index (χ1n) is 3.34. The van der Waals surface area contributed by atoms with Crippen molar-refractivity contribution in [1.82, 2.24) is 5.43 Å². The fraction of sp³-hybridized carbons (Fsp3) is 0.286. The van der Waals surface area contributed by atoms with Crippen LogP contribution in [0.25, 0.3) is 0 Å². The average molecular weight is 186 g/mol. The van der Waals surface area contributed by atoms with E-state index in [4.69, 9.17) is 10.6 Å². The summed E-state index contributed by atoms with van der Waals surface area (Å²) in [6, 6.07) is 1.80. The van der Waals surface area contributed by atoms with Crippen molar-refractivity contribution in [3.05, 3.63) is 15.8 Å². The number of amides is 1. The Bertz CT molecular complexity index is 296. The van der Waals surface area contributed by atoms with Crippen LogP contribution in [0.5, 0.6) is 5.75 Å². The summed E-state index contributed by atoms with van der Waals surface area (Å²) in [7, 11) is 1.52. The van der Waals surface area contributed by atoms with Crippen LogP contribution in [-0.4, -0.2) is 13.0 Å². The zero-order chi connectivity index (χ0) is 9.14. The lowest BCUT2D eigenvalue weighted by Gasteiger charge is -1.98. The van der Waals surface area contributed by atoms with Crippen LogP contribution in [0, 0.1) is 6.92 Å². The third-order valence-electron chi connectivity index (χ3n) is 1.38. The highest BCUT2D eigenvalue weighted by Gasteiger charge is 2.13. The van der Waals surface area contributed by atoms with Gasteiger partial charge in [0.15, 0.2) is 0 Å². The molecule has 0 atom stereocenters. The molecule has 1 amide bonds. The molecule has 0 aliphatic heterocycles. The van der Waals surface area contributed by atoms with Gasteiger partial charge < -0.3 is 4.74 Å². The molecule has 0 aliphatic carbocycles. The maximum atomic E-state index is 11.1. The Morgan fingerprint density at radius 3 is 2.92 bits per heavy atom. The molecule has 5 heteroatoms. The van der Waals surface area contributed by atoms with Crippen LogP contribution in [0.4, 0.5) is 0 Å². The summed E-state index contributed by atoms with van der Waals surface area (Å²) >= 11 is 1.35. The minimum Gasteiger partial charge on any atom is -0.495 e. The Kier molecular flexibility index (Phi) is 2.67. The molecule has 66 valence electrons. The van der Waals surface area contributed by atoms with E-state index >= 15 is 0 Å². The summed E-state index contributed by atoms with van der Waals surface area (Å²) in [4.78, 5) is 12.6. The van der Waals surface area contributed by atoms with Gasteiger partial charge in [0.25, 0.3) is 5.91 Å². The van der Waals surface area contributed by atoms with Crippen molar-refractivity contribution >= 4 is 17.2 Å². The van der Waals surface area contributed by atoms with E-state index in [1.165, 1.54) is 18.4 Å². The second-order valence-corrected chi connectivity index (χ2v) is 3.48. The minimum absolute atomic E-state index is 0.315. The van der Waals surface area contributed by atoms with E-state index in [0.717, 1.165) is 4.88 Å². The van der Waals surface area contributed by atoms with Crippen molar-refractivity contribution in [2.75, 3.05) is 7.11 Å². The quantitative estimate of drug-likeness (QED) is 0.405. The van der Waals surface area contributed by atoms with Crippen molar-refractivity contribution < 1.29 is 9.53 Å². The van der Waals surface area contributed by atoms with E-state index in [-0.39, 0.29) is 5.91 Å². The highest BCUT2D eigenvalue weighted by Crippen LogP contribution is 2.27. The third-order valence-corrected chi connectivity index (χ3v) is 2.41. The Morgan fingerprint density at radius 2 is 2.42 bits per heavy atom. The Labute approximate surface area is 74.3 Å². The number of hydrogen-bond acceptors (Lipinski definition) is 4. The fourth-order valence-corrected chi connectivity index (χ4v) is 1.75. The van der Waals surface area contributed by atoms with Gasteiger partial charge in [-0.1, -0.05) is 0 Å². The summed E-state index contributed by atoms with van der Waals surface area (Å²) in [5, 5.41) is 0. The standard InChI is InChI=1S/C7H10N2O2S/c1-4-3-5(11-2)6(12-4)7(10)9-8/h3H,8H2,1-2H3,(H,9,10). The monoisotopic (exact) mass is 186 g/mol. The van der Waals surface area contributed by atoms with Gasteiger partial charge in [0.1, 0.15) is 10.6 Å². The van der Waals surface area contributed by atoms with Crippen LogP contribution in [0.15, 0.2) is 6.07 Å². The van der Waals surface area contributed by atoms with Gasteiger partial charge in [0, 0.05) is 4.88 Å². The topological polar surface area (TPSA) is 64.3 Å². The van der Waals surface area contributed by atoms with E-state index in [2.05, 4.69) is 5.43 Å². The molecule has 1 rings (SSSR count). The molecule has 1 aromatic heterocycles. The number of carbonyl (C=O) groups excluding carboxylic acids is 1. The number of nitrogens with two attached hydrogens (primary N) is 1. The number of methoxy groups -OCH3 is 1. The van der Waals surface area contributed by atoms with Crippen LogP contribution in [0.3, 0.4) is 0 Å². The number of aryl methyl sites for hydroxylation is 1. The number of nitrogen functional groups attached to an aromatic ring is 1. The molecule has 3 N–H and O–H groups in total. The number of thiophene rings is 1. The van der Waals surface area contributed by atoms with Gasteiger partial charge in [-0.25, -0.2) is 5.84 Å². The average Bonchev–Trinajstić information content (AvgIpc) is 2.45. The van der Waals surface area contributed by atoms with Gasteiger partial charge in [0.05, 0.1) is 7.11 Å². The number of hydrazine groups is 1. The van der Waals surface area contributed by atoms with Gasteiger partial charge in [-0.15, -0.1) is 11.3 Å². The van der Waals surface area contributed by atoms with Crippen molar-refractivity contribution in [1.29, 1.82) is 0 Å². The summed E-state index contributed by atoms with van der Waals surface area (Å²) in [5.41, 5.74) is 2.06. The molecule has 1 aromatic rings. The smallest absolute Gasteiger partial charge is 0.279 e. The molecule has 0 fully saturated rings. The van der Waals surface area contributed by atoms with Crippen LogP contribution in [0.1, 0.15) is 14.5 Å². The number of carbonyl (C=O) groups is 1. The highest BCUT2D eigenvalue weighted by molar-refractivity contribution is 7.14. The third kappa shape index (κ3) is 1.57. The maximum absolute atomic E-state index is 11.1. The van der Waals surface area contributed by atoms with Crippen LogP contribution >= 0.6 is 11.3 Å². The lowest BCUT2D eigenvalue weighted by Crippen LogP contribution is -2.29. The summed E-state index contributed by atoms with van der Waals surface area (Å²) in [6.07, 6.45) is 0. The first-order valence-corrected chi connectivity index (χ1v) is 4.16. The zero-order valence-corrected chi connectivity index (χ0v) is 7.70. The molecule has 12 heavy (non-hydrogen) atoms. The predicted octanol–water partition coefficient (Wildman–Crippen LogP) is 0.669. The molecule has 0 spiro atoms. The van der Waals surface area contributed by atoms with E-state index in [1.807, 2.05) is 6.92 Å². The van der Waals surface area contributed by atoms with Crippen LogP contribution in [-0.2, 0) is 0 Å². The normalized spacial score (nSPS) is 9.58. The molecule has 4 nitrogen and oxygen atoms in total. The molecule has 1 heterocycles. The van der Waals surface area contributed by atoms with Crippen molar-refractivity contribution in [2.45, 2.75) is 6.92 Å². The molecule has 0 aliphatic rings. The highest BCUT2D eigenvalue weighted by atomic mass is 32.1.